The Morgan fingerprint density at radius 1 is 1.10 bits per heavy atom. The fourth-order valence-corrected chi connectivity index (χ4v) is 3.38. The highest BCUT2D eigenvalue weighted by Crippen LogP contribution is 2.33. The molecule has 110 valence electrons. The van der Waals surface area contributed by atoms with Crippen LogP contribution in [-0.4, -0.2) is 30.3 Å². The van der Waals surface area contributed by atoms with Gasteiger partial charge in [0.2, 0.25) is 0 Å². The van der Waals surface area contributed by atoms with Crippen LogP contribution < -0.4 is 0 Å². The van der Waals surface area contributed by atoms with Gasteiger partial charge in [-0.05, 0) is 51.3 Å². The normalized spacial score (nSPS) is 16.6. The van der Waals surface area contributed by atoms with Crippen molar-refractivity contribution in [2.24, 2.45) is 0 Å². The average molecular weight is 273 g/mol. The molecule has 1 saturated heterocycles. The highest BCUT2D eigenvalue weighted by molar-refractivity contribution is 5.91. The summed E-state index contributed by atoms with van der Waals surface area (Å²) in [6.07, 6.45) is 4.25. The third-order valence-corrected chi connectivity index (χ3v) is 4.91. The lowest BCUT2D eigenvalue weighted by atomic mass is 9.72. The number of hydrogen-bond donors (Lipinski definition) is 0. The number of carbonyl (C=O) groups excluding carboxylic acids is 1. The van der Waals surface area contributed by atoms with Crippen molar-refractivity contribution >= 4 is 5.78 Å². The molecule has 1 aliphatic heterocycles. The summed E-state index contributed by atoms with van der Waals surface area (Å²) in [6, 6.07) is 8.53. The zero-order chi connectivity index (χ0) is 14.6. The minimum absolute atomic E-state index is 0.295. The standard InChI is InChI=1S/C18H27NO/c1-4-18(5-2,16-10-8-15(3)9-11-16)17(20)14-19-12-6-7-13-19/h8-11H,4-7,12-14H2,1-3H3. The Morgan fingerprint density at radius 2 is 1.65 bits per heavy atom. The van der Waals surface area contributed by atoms with Gasteiger partial charge in [-0.25, -0.2) is 0 Å². The van der Waals surface area contributed by atoms with E-state index in [2.05, 4.69) is 49.9 Å². The van der Waals surface area contributed by atoms with E-state index in [-0.39, 0.29) is 5.41 Å². The molecule has 0 radical (unpaired) electrons. The van der Waals surface area contributed by atoms with Crippen LogP contribution >= 0.6 is 0 Å². The molecular weight excluding hydrogens is 246 g/mol. The van der Waals surface area contributed by atoms with E-state index in [9.17, 15) is 4.79 Å². The van der Waals surface area contributed by atoms with Gasteiger partial charge in [0.1, 0.15) is 0 Å². The first-order chi connectivity index (χ1) is 9.62. The van der Waals surface area contributed by atoms with Crippen molar-refractivity contribution in [3.63, 3.8) is 0 Å². The molecule has 0 unspecified atom stereocenters. The maximum atomic E-state index is 12.9. The molecule has 0 amide bonds. The molecular formula is C18H27NO. The fourth-order valence-electron chi connectivity index (χ4n) is 3.38. The first-order valence-electron chi connectivity index (χ1n) is 7.95. The number of nitrogens with zero attached hydrogens (tertiary/aromatic N) is 1. The molecule has 0 N–H and O–H groups in total. The number of ketones is 1. The van der Waals surface area contributed by atoms with E-state index in [1.165, 1.54) is 24.0 Å². The smallest absolute Gasteiger partial charge is 0.157 e. The van der Waals surface area contributed by atoms with Gasteiger partial charge in [0.15, 0.2) is 5.78 Å². The lowest BCUT2D eigenvalue weighted by molar-refractivity contribution is -0.125. The zero-order valence-corrected chi connectivity index (χ0v) is 13.1. The summed E-state index contributed by atoms with van der Waals surface area (Å²) >= 11 is 0. The second kappa shape index (κ2) is 6.53. The molecule has 2 nitrogen and oxygen atoms in total. The maximum Gasteiger partial charge on any atom is 0.157 e. The molecule has 0 aromatic heterocycles. The molecule has 1 heterocycles. The van der Waals surface area contributed by atoms with Crippen molar-refractivity contribution in [1.82, 2.24) is 4.90 Å². The van der Waals surface area contributed by atoms with Crippen molar-refractivity contribution < 1.29 is 4.79 Å². The van der Waals surface area contributed by atoms with Crippen LogP contribution in [0, 0.1) is 6.92 Å². The largest absolute Gasteiger partial charge is 0.297 e. The number of hydrogen-bond acceptors (Lipinski definition) is 2. The van der Waals surface area contributed by atoms with Gasteiger partial charge in [0.05, 0.1) is 12.0 Å². The molecule has 20 heavy (non-hydrogen) atoms. The summed E-state index contributed by atoms with van der Waals surface area (Å²) in [7, 11) is 0. The molecule has 1 fully saturated rings. The van der Waals surface area contributed by atoms with E-state index in [0.29, 0.717) is 12.3 Å². The topological polar surface area (TPSA) is 20.3 Å². The monoisotopic (exact) mass is 273 g/mol. The highest BCUT2D eigenvalue weighted by atomic mass is 16.1. The number of Topliss-reactive ketones (excluding diaryl/α,β-unsaturated/α-hetero) is 1. The van der Waals surface area contributed by atoms with Gasteiger partial charge in [0, 0.05) is 0 Å². The molecule has 2 heteroatoms. The summed E-state index contributed by atoms with van der Waals surface area (Å²) in [4.78, 5) is 15.2. The molecule has 0 saturated carbocycles. The van der Waals surface area contributed by atoms with Crippen LogP contribution in [0.2, 0.25) is 0 Å². The number of likely N-dealkylation sites (tertiary alicyclic amines) is 1. The van der Waals surface area contributed by atoms with Crippen LogP contribution in [0.1, 0.15) is 50.7 Å². The van der Waals surface area contributed by atoms with Gasteiger partial charge in [0.25, 0.3) is 0 Å². The zero-order valence-electron chi connectivity index (χ0n) is 13.1. The highest BCUT2D eigenvalue weighted by Gasteiger charge is 2.37. The number of carbonyl (C=O) groups is 1. The molecule has 0 bridgehead atoms. The summed E-state index contributed by atoms with van der Waals surface area (Å²) in [5.74, 6) is 0.397. The van der Waals surface area contributed by atoms with E-state index in [4.69, 9.17) is 0 Å². The number of aryl methyl sites for hydroxylation is 1. The Kier molecular flexibility index (Phi) is 4.98. The lowest BCUT2D eigenvalue weighted by Gasteiger charge is -2.32. The van der Waals surface area contributed by atoms with E-state index < -0.39 is 0 Å². The Bertz CT molecular complexity index is 439. The summed E-state index contributed by atoms with van der Waals surface area (Å²) in [6.45, 7) is 9.17. The molecule has 0 atom stereocenters. The molecule has 1 aromatic carbocycles. The van der Waals surface area contributed by atoms with E-state index in [1.54, 1.807) is 0 Å². The molecule has 1 aromatic rings. The van der Waals surface area contributed by atoms with E-state index >= 15 is 0 Å². The Hall–Kier alpha value is -1.15. The van der Waals surface area contributed by atoms with Gasteiger partial charge in [-0.1, -0.05) is 43.7 Å². The SMILES string of the molecule is CCC(CC)(C(=O)CN1CCCC1)c1ccc(C)cc1. The van der Waals surface area contributed by atoms with Crippen molar-refractivity contribution in [1.29, 1.82) is 0 Å². The van der Waals surface area contributed by atoms with Gasteiger partial charge >= 0.3 is 0 Å². The maximum absolute atomic E-state index is 12.9. The predicted molar refractivity (Wildman–Crippen MR) is 84.1 cm³/mol. The van der Waals surface area contributed by atoms with Crippen LogP contribution in [0.3, 0.4) is 0 Å². The fraction of sp³-hybridized carbons (Fsp3) is 0.611. The number of rotatable bonds is 6. The Morgan fingerprint density at radius 3 is 2.15 bits per heavy atom. The summed E-state index contributed by atoms with van der Waals surface area (Å²) < 4.78 is 0. The quantitative estimate of drug-likeness (QED) is 0.787. The Labute approximate surface area is 123 Å². The third kappa shape index (κ3) is 2.95. The van der Waals surface area contributed by atoms with Crippen molar-refractivity contribution in [2.45, 2.75) is 51.9 Å². The van der Waals surface area contributed by atoms with Crippen molar-refractivity contribution in [3.05, 3.63) is 35.4 Å². The van der Waals surface area contributed by atoms with Crippen LogP contribution in [-0.2, 0) is 10.2 Å². The molecule has 2 rings (SSSR count). The van der Waals surface area contributed by atoms with Crippen LogP contribution in [0.5, 0.6) is 0 Å². The molecule has 0 spiro atoms. The minimum Gasteiger partial charge on any atom is -0.297 e. The van der Waals surface area contributed by atoms with Gasteiger partial charge in [-0.3, -0.25) is 9.69 Å². The van der Waals surface area contributed by atoms with Crippen molar-refractivity contribution in [2.75, 3.05) is 19.6 Å². The Balaban J connectivity index is 2.23. The first-order valence-corrected chi connectivity index (χ1v) is 7.95. The number of benzene rings is 1. The van der Waals surface area contributed by atoms with Crippen LogP contribution in [0.25, 0.3) is 0 Å². The second-order valence-electron chi connectivity index (χ2n) is 6.06. The first kappa shape index (κ1) is 15.2. The van der Waals surface area contributed by atoms with Crippen LogP contribution in [0.15, 0.2) is 24.3 Å². The third-order valence-electron chi connectivity index (χ3n) is 4.91. The van der Waals surface area contributed by atoms with Gasteiger partial charge in [-0.2, -0.15) is 0 Å². The lowest BCUT2D eigenvalue weighted by Crippen LogP contribution is -2.41. The van der Waals surface area contributed by atoms with E-state index in [1.807, 2.05) is 0 Å². The van der Waals surface area contributed by atoms with E-state index in [0.717, 1.165) is 25.9 Å². The van der Waals surface area contributed by atoms with Crippen molar-refractivity contribution in [3.8, 4) is 0 Å². The van der Waals surface area contributed by atoms with Gasteiger partial charge < -0.3 is 0 Å². The van der Waals surface area contributed by atoms with Gasteiger partial charge in [-0.15, -0.1) is 0 Å². The molecule has 0 aliphatic carbocycles. The predicted octanol–water partition coefficient (Wildman–Crippen LogP) is 3.72. The summed E-state index contributed by atoms with van der Waals surface area (Å²) in [5.41, 5.74) is 2.15. The minimum atomic E-state index is -0.295. The molecule has 1 aliphatic rings. The average Bonchev–Trinajstić information content (AvgIpc) is 2.95. The van der Waals surface area contributed by atoms with Crippen LogP contribution in [0.4, 0.5) is 0 Å². The second-order valence-corrected chi connectivity index (χ2v) is 6.06. The summed E-state index contributed by atoms with van der Waals surface area (Å²) in [5, 5.41) is 0.